The predicted molar refractivity (Wildman–Crippen MR) is 155 cm³/mol. The SMILES string of the molecule is [2H]C([2H])([2H])N1CCN(C(=O)CC/C=C(\C)C(C/C=C(\C)CCC=C(C)C)CCC(C)CO[Si](C)(C)C)CC1. The zero-order valence-electron chi connectivity index (χ0n) is 27.1. The Balaban J connectivity index is 2.70. The molecule has 1 aliphatic heterocycles. The summed E-state index contributed by atoms with van der Waals surface area (Å²) >= 11 is 0. The molecule has 0 aromatic rings. The Labute approximate surface area is 223 Å². The Hall–Kier alpha value is -1.17. The molecule has 1 amide bonds. The molecule has 35 heavy (non-hydrogen) atoms. The zero-order valence-corrected chi connectivity index (χ0v) is 25.1. The van der Waals surface area contributed by atoms with E-state index in [1.54, 1.807) is 0 Å². The Morgan fingerprint density at radius 1 is 0.971 bits per heavy atom. The van der Waals surface area contributed by atoms with Gasteiger partial charge in [0.05, 0.1) is 0 Å². The molecule has 2 atom stereocenters. The van der Waals surface area contributed by atoms with E-state index in [4.69, 9.17) is 8.54 Å². The van der Waals surface area contributed by atoms with Crippen molar-refractivity contribution >= 4 is 14.2 Å². The van der Waals surface area contributed by atoms with Gasteiger partial charge in [0.15, 0.2) is 8.32 Å². The molecule has 1 aliphatic rings. The van der Waals surface area contributed by atoms with Crippen molar-refractivity contribution in [2.75, 3.05) is 39.8 Å². The summed E-state index contributed by atoms with van der Waals surface area (Å²) < 4.78 is 28.8. The molecule has 0 spiro atoms. The maximum absolute atomic E-state index is 12.7. The molecule has 0 aromatic carbocycles. The van der Waals surface area contributed by atoms with Crippen LogP contribution >= 0.6 is 0 Å². The van der Waals surface area contributed by atoms with Crippen LogP contribution in [-0.2, 0) is 9.22 Å². The summed E-state index contributed by atoms with van der Waals surface area (Å²) in [5.41, 5.74) is 4.19. The van der Waals surface area contributed by atoms with Crippen LogP contribution in [-0.4, -0.2) is 63.8 Å². The third-order valence-corrected chi connectivity index (χ3v) is 7.78. The first-order valence-corrected chi connectivity index (χ1v) is 17.1. The van der Waals surface area contributed by atoms with Crippen molar-refractivity contribution in [3.8, 4) is 0 Å². The first-order valence-electron chi connectivity index (χ1n) is 15.2. The minimum absolute atomic E-state index is 0.128. The minimum Gasteiger partial charge on any atom is -0.417 e. The van der Waals surface area contributed by atoms with Crippen LogP contribution in [0.1, 0.15) is 83.7 Å². The Kier molecular flexibility index (Phi) is 12.7. The summed E-state index contributed by atoms with van der Waals surface area (Å²) in [6.45, 7) is 18.4. The normalized spacial score (nSPS) is 19.5. The average molecular weight is 508 g/mol. The molecule has 0 aliphatic carbocycles. The van der Waals surface area contributed by atoms with Crippen LogP contribution in [0.15, 0.2) is 34.9 Å². The Bertz CT molecular complexity index is 803. The summed E-state index contributed by atoms with van der Waals surface area (Å²) in [6, 6.07) is 0. The number of rotatable bonds is 15. The van der Waals surface area contributed by atoms with E-state index in [0.29, 0.717) is 44.4 Å². The smallest absolute Gasteiger partial charge is 0.222 e. The monoisotopic (exact) mass is 507 g/mol. The highest BCUT2D eigenvalue weighted by Gasteiger charge is 2.19. The van der Waals surface area contributed by atoms with Gasteiger partial charge < -0.3 is 14.2 Å². The Morgan fingerprint density at radius 2 is 1.63 bits per heavy atom. The van der Waals surface area contributed by atoms with Crippen LogP contribution in [0.2, 0.25) is 19.6 Å². The van der Waals surface area contributed by atoms with Gasteiger partial charge in [-0.3, -0.25) is 4.79 Å². The quantitative estimate of drug-likeness (QED) is 0.170. The second-order valence-electron chi connectivity index (χ2n) is 11.8. The van der Waals surface area contributed by atoms with E-state index in [-0.39, 0.29) is 5.91 Å². The van der Waals surface area contributed by atoms with Crippen LogP contribution in [0.4, 0.5) is 0 Å². The van der Waals surface area contributed by atoms with Gasteiger partial charge in [-0.2, -0.15) is 0 Å². The molecular weight excluding hydrogens is 448 g/mol. The van der Waals surface area contributed by atoms with Crippen molar-refractivity contribution in [2.24, 2.45) is 11.8 Å². The van der Waals surface area contributed by atoms with Crippen LogP contribution in [0.3, 0.4) is 0 Å². The lowest BCUT2D eigenvalue weighted by Crippen LogP contribution is -2.47. The number of hydrogen-bond donors (Lipinski definition) is 0. The highest BCUT2D eigenvalue weighted by atomic mass is 28.4. The molecule has 0 aromatic heterocycles. The highest BCUT2D eigenvalue weighted by Crippen LogP contribution is 2.26. The van der Waals surface area contributed by atoms with Gasteiger partial charge in [0.2, 0.25) is 5.91 Å². The third kappa shape index (κ3) is 15.5. The summed E-state index contributed by atoms with van der Waals surface area (Å²) in [4.78, 5) is 16.1. The van der Waals surface area contributed by atoms with E-state index < -0.39 is 15.3 Å². The number of allylic oxidation sites excluding steroid dienone is 6. The van der Waals surface area contributed by atoms with Crippen LogP contribution in [0.25, 0.3) is 0 Å². The lowest BCUT2D eigenvalue weighted by atomic mass is 9.87. The van der Waals surface area contributed by atoms with Crippen molar-refractivity contribution in [3.63, 3.8) is 0 Å². The Morgan fingerprint density at radius 3 is 2.23 bits per heavy atom. The number of piperazine rings is 1. The third-order valence-electron chi connectivity index (χ3n) is 6.75. The van der Waals surface area contributed by atoms with Gasteiger partial charge in [0.1, 0.15) is 0 Å². The topological polar surface area (TPSA) is 32.8 Å². The molecule has 0 radical (unpaired) electrons. The van der Waals surface area contributed by atoms with Gasteiger partial charge in [0, 0.05) is 43.3 Å². The lowest BCUT2D eigenvalue weighted by Gasteiger charge is -2.32. The van der Waals surface area contributed by atoms with Crippen LogP contribution < -0.4 is 0 Å². The molecule has 2 unspecified atom stereocenters. The van der Waals surface area contributed by atoms with Crippen molar-refractivity contribution in [1.82, 2.24) is 9.80 Å². The van der Waals surface area contributed by atoms with Crippen LogP contribution in [0, 0.1) is 11.8 Å². The van der Waals surface area contributed by atoms with Gasteiger partial charge in [-0.15, -0.1) is 0 Å². The fourth-order valence-electron chi connectivity index (χ4n) is 4.23. The molecule has 1 saturated heterocycles. The summed E-state index contributed by atoms with van der Waals surface area (Å²) in [5, 5.41) is 0. The van der Waals surface area contributed by atoms with Crippen molar-refractivity contribution in [2.45, 2.75) is 99.2 Å². The predicted octanol–water partition coefficient (Wildman–Crippen LogP) is 7.45. The lowest BCUT2D eigenvalue weighted by molar-refractivity contribution is -0.132. The number of likely N-dealkylation sites (N-methyl/N-ethyl adjacent to an activating group) is 1. The van der Waals surface area contributed by atoms with Crippen LogP contribution in [0.5, 0.6) is 0 Å². The fraction of sp³-hybridized carbons (Fsp3) is 0.767. The second kappa shape index (κ2) is 16.5. The standard InChI is InChI=1S/C30H56N2O2Si/c1-25(2)12-10-13-26(3)16-18-29(19-17-27(4)24-34-35(7,8)9)28(5)14-11-15-30(33)32-22-20-31(6)21-23-32/h12,14,16,27,29H,10-11,13,15,17-24H2,1-9H3/b26-16+,28-14+/i6D3. The molecule has 5 heteroatoms. The van der Waals surface area contributed by atoms with Gasteiger partial charge in [0.25, 0.3) is 0 Å². The van der Waals surface area contributed by atoms with E-state index in [0.717, 1.165) is 45.1 Å². The molecule has 1 heterocycles. The van der Waals surface area contributed by atoms with Gasteiger partial charge in [-0.25, -0.2) is 0 Å². The number of carbonyl (C=O) groups excluding carboxylic acids is 1. The van der Waals surface area contributed by atoms with E-state index >= 15 is 0 Å². The molecular formula is C30H56N2O2Si. The number of amides is 1. The molecule has 0 bridgehead atoms. The van der Waals surface area contributed by atoms with E-state index in [9.17, 15) is 4.79 Å². The average Bonchev–Trinajstić information content (AvgIpc) is 2.81. The van der Waals surface area contributed by atoms with Gasteiger partial charge >= 0.3 is 0 Å². The summed E-state index contributed by atoms with van der Waals surface area (Å²) in [7, 11) is -1.50. The fourth-order valence-corrected chi connectivity index (χ4v) is 5.02. The molecule has 202 valence electrons. The van der Waals surface area contributed by atoms with E-state index in [1.165, 1.54) is 21.6 Å². The first-order chi connectivity index (χ1) is 17.6. The molecule has 0 saturated carbocycles. The van der Waals surface area contributed by atoms with E-state index in [2.05, 4.69) is 72.5 Å². The van der Waals surface area contributed by atoms with Crippen molar-refractivity contribution in [1.29, 1.82) is 0 Å². The van der Waals surface area contributed by atoms with Crippen molar-refractivity contribution < 1.29 is 13.3 Å². The second-order valence-corrected chi connectivity index (χ2v) is 16.3. The summed E-state index contributed by atoms with van der Waals surface area (Å²) in [5.74, 6) is 1.14. The molecule has 1 fully saturated rings. The zero-order chi connectivity index (χ0) is 28.9. The number of carbonyl (C=O) groups is 1. The molecule has 4 nitrogen and oxygen atoms in total. The maximum Gasteiger partial charge on any atom is 0.222 e. The number of nitrogens with zero attached hydrogens (tertiary/aromatic N) is 2. The van der Waals surface area contributed by atoms with Gasteiger partial charge in [-0.1, -0.05) is 41.9 Å². The summed E-state index contributed by atoms with van der Waals surface area (Å²) in [6.07, 6.45) is 13.7. The number of hydrogen-bond acceptors (Lipinski definition) is 3. The van der Waals surface area contributed by atoms with Gasteiger partial charge in [-0.05, 0) is 105 Å². The molecule has 1 rings (SSSR count). The first kappa shape index (κ1) is 26.9. The largest absolute Gasteiger partial charge is 0.417 e. The minimum atomic E-state index is -2.07. The maximum atomic E-state index is 12.7. The highest BCUT2D eigenvalue weighted by molar-refractivity contribution is 6.69. The van der Waals surface area contributed by atoms with Crippen molar-refractivity contribution in [3.05, 3.63) is 34.9 Å². The molecule has 0 N–H and O–H groups in total. The van der Waals surface area contributed by atoms with E-state index in [1.807, 2.05) is 4.90 Å².